The van der Waals surface area contributed by atoms with Crippen LogP contribution in [0.5, 0.6) is 0 Å². The van der Waals surface area contributed by atoms with E-state index in [-0.39, 0.29) is 37.3 Å². The van der Waals surface area contributed by atoms with Crippen molar-refractivity contribution >= 4 is 11.6 Å². The molecule has 1 saturated heterocycles. The van der Waals surface area contributed by atoms with Gasteiger partial charge >= 0.3 is 6.18 Å². The highest BCUT2D eigenvalue weighted by Crippen LogP contribution is 2.35. The molecule has 1 aliphatic carbocycles. The highest BCUT2D eigenvalue weighted by Gasteiger charge is 2.37. The minimum Gasteiger partial charge on any atom is -0.367 e. The summed E-state index contributed by atoms with van der Waals surface area (Å²) in [5.41, 5.74) is -0.127. The number of rotatable bonds is 7. The number of anilines is 2. The number of nitrogens with zero attached hydrogens (tertiary/aromatic N) is 3. The molecule has 174 valence electrons. The van der Waals surface area contributed by atoms with E-state index in [1.807, 2.05) is 0 Å². The number of nitrogens with one attached hydrogen (secondary N) is 2. The van der Waals surface area contributed by atoms with Crippen molar-refractivity contribution in [2.24, 2.45) is 5.92 Å². The topological polar surface area (TPSA) is 93.5 Å². The van der Waals surface area contributed by atoms with Gasteiger partial charge in [0, 0.05) is 31.6 Å². The second kappa shape index (κ2) is 8.80. The molecule has 4 N–H and O–H groups in total. The van der Waals surface area contributed by atoms with Crippen LogP contribution < -0.4 is 15.5 Å². The molecule has 1 saturated carbocycles. The first-order valence-electron chi connectivity index (χ1n) is 10.5. The molecule has 0 amide bonds. The minimum absolute atomic E-state index is 0.0272. The molecule has 0 unspecified atom stereocenters. The Labute approximate surface area is 182 Å². The van der Waals surface area contributed by atoms with Crippen LogP contribution in [0.15, 0.2) is 30.6 Å². The van der Waals surface area contributed by atoms with Gasteiger partial charge in [0.15, 0.2) is 17.4 Å². The van der Waals surface area contributed by atoms with Crippen molar-refractivity contribution in [3.05, 3.63) is 47.5 Å². The van der Waals surface area contributed by atoms with Crippen LogP contribution in [0.3, 0.4) is 0 Å². The zero-order valence-electron chi connectivity index (χ0n) is 17.2. The first-order valence-corrected chi connectivity index (χ1v) is 10.5. The molecular formula is C21H25F4N5O2. The van der Waals surface area contributed by atoms with E-state index >= 15 is 4.39 Å². The molecule has 2 aliphatic rings. The summed E-state index contributed by atoms with van der Waals surface area (Å²) in [5, 5.41) is 25.9. The van der Waals surface area contributed by atoms with Crippen LogP contribution in [-0.2, 0) is 12.7 Å². The Morgan fingerprint density at radius 3 is 2.47 bits per heavy atom. The summed E-state index contributed by atoms with van der Waals surface area (Å²) in [4.78, 5) is 9.77. The van der Waals surface area contributed by atoms with Gasteiger partial charge in [-0.15, -0.1) is 0 Å². The van der Waals surface area contributed by atoms with Gasteiger partial charge < -0.3 is 25.7 Å². The quantitative estimate of drug-likeness (QED) is 0.377. The molecule has 2 aromatic rings. The second-order valence-electron chi connectivity index (χ2n) is 8.34. The van der Waals surface area contributed by atoms with Gasteiger partial charge in [-0.1, -0.05) is 12.1 Å². The fourth-order valence-corrected chi connectivity index (χ4v) is 3.85. The number of aliphatic hydroxyl groups is 2. The van der Waals surface area contributed by atoms with Crippen LogP contribution >= 0.6 is 0 Å². The van der Waals surface area contributed by atoms with Gasteiger partial charge in [0.2, 0.25) is 5.82 Å². The lowest BCUT2D eigenvalue weighted by Gasteiger charge is -2.36. The van der Waals surface area contributed by atoms with Gasteiger partial charge in [0.1, 0.15) is 6.33 Å². The van der Waals surface area contributed by atoms with Crippen LogP contribution in [0, 0.1) is 11.7 Å². The fourth-order valence-electron chi connectivity index (χ4n) is 3.85. The van der Waals surface area contributed by atoms with E-state index in [9.17, 15) is 23.4 Å². The predicted molar refractivity (Wildman–Crippen MR) is 109 cm³/mol. The summed E-state index contributed by atoms with van der Waals surface area (Å²) >= 11 is 0. The first-order chi connectivity index (χ1) is 15.1. The molecule has 0 radical (unpaired) electrons. The van der Waals surface area contributed by atoms with Gasteiger partial charge in [-0.2, -0.15) is 17.6 Å². The van der Waals surface area contributed by atoms with Crippen molar-refractivity contribution in [2.75, 3.05) is 29.9 Å². The molecule has 0 bridgehead atoms. The summed E-state index contributed by atoms with van der Waals surface area (Å²) in [7, 11) is 0. The standard InChI is InChI=1S/C21H25F4N5O2/c22-17-18(27-9-15-7-8-26-11-20(15,31)32)28-12-29-19(17)30(16-5-6-16)10-13-1-3-14(4-2-13)21(23,24)25/h1-4,12,15-16,26,31-32H,5-11H2,(H,27,28,29)/t15-/m0/s1. The van der Waals surface area contributed by atoms with Crippen molar-refractivity contribution < 1.29 is 27.8 Å². The van der Waals surface area contributed by atoms with E-state index < -0.39 is 29.3 Å². The van der Waals surface area contributed by atoms with Crippen LogP contribution in [0.2, 0.25) is 0 Å². The molecule has 7 nitrogen and oxygen atoms in total. The number of β-amino-alcohol motifs (C(OH)–C–C–N with tert-alkyl or cyclic N) is 2. The molecule has 4 rings (SSSR count). The average Bonchev–Trinajstić information content (AvgIpc) is 3.57. The van der Waals surface area contributed by atoms with Crippen molar-refractivity contribution in [1.82, 2.24) is 15.3 Å². The normalized spacial score (nSPS) is 20.8. The van der Waals surface area contributed by atoms with Crippen molar-refractivity contribution in [1.29, 1.82) is 0 Å². The molecular weight excluding hydrogens is 430 g/mol. The molecule has 1 atom stereocenters. The van der Waals surface area contributed by atoms with Crippen LogP contribution in [0.4, 0.5) is 29.2 Å². The Balaban J connectivity index is 1.50. The highest BCUT2D eigenvalue weighted by molar-refractivity contribution is 5.52. The maximum absolute atomic E-state index is 15.3. The lowest BCUT2D eigenvalue weighted by atomic mass is 9.91. The number of alkyl halides is 3. The van der Waals surface area contributed by atoms with E-state index in [1.54, 1.807) is 4.90 Å². The zero-order valence-corrected chi connectivity index (χ0v) is 17.2. The second-order valence-corrected chi connectivity index (χ2v) is 8.34. The van der Waals surface area contributed by atoms with Gasteiger partial charge in [0.05, 0.1) is 5.56 Å². The lowest BCUT2D eigenvalue weighted by molar-refractivity contribution is -0.203. The molecule has 1 aromatic carbocycles. The summed E-state index contributed by atoms with van der Waals surface area (Å²) in [5.74, 6) is -3.08. The van der Waals surface area contributed by atoms with E-state index in [0.717, 1.165) is 25.0 Å². The maximum atomic E-state index is 15.3. The van der Waals surface area contributed by atoms with E-state index in [2.05, 4.69) is 20.6 Å². The predicted octanol–water partition coefficient (Wildman–Crippen LogP) is 2.51. The molecule has 2 fully saturated rings. The Hall–Kier alpha value is -2.50. The zero-order chi connectivity index (χ0) is 22.9. The monoisotopic (exact) mass is 455 g/mol. The van der Waals surface area contributed by atoms with Crippen molar-refractivity contribution in [3.63, 3.8) is 0 Å². The molecule has 1 aromatic heterocycles. The summed E-state index contributed by atoms with van der Waals surface area (Å²) in [6.07, 6.45) is -1.03. The van der Waals surface area contributed by atoms with Gasteiger partial charge in [-0.3, -0.25) is 0 Å². The van der Waals surface area contributed by atoms with Crippen molar-refractivity contribution in [2.45, 2.75) is 43.8 Å². The Kier molecular flexibility index (Phi) is 6.24. The van der Waals surface area contributed by atoms with Crippen LogP contribution in [0.25, 0.3) is 0 Å². The van der Waals surface area contributed by atoms with Crippen molar-refractivity contribution in [3.8, 4) is 0 Å². The number of aromatic nitrogens is 2. The number of benzene rings is 1. The highest BCUT2D eigenvalue weighted by atomic mass is 19.4. The third-order valence-corrected chi connectivity index (χ3v) is 5.89. The van der Waals surface area contributed by atoms with Gasteiger partial charge in [-0.25, -0.2) is 9.97 Å². The van der Waals surface area contributed by atoms with E-state index in [1.165, 1.54) is 18.5 Å². The number of halogens is 4. The lowest BCUT2D eigenvalue weighted by Crippen LogP contribution is -2.54. The number of hydrogen-bond acceptors (Lipinski definition) is 7. The Bertz CT molecular complexity index is 935. The SMILES string of the molecule is OC1(O)CNCC[C@H]1CNc1ncnc(N(Cc2ccc(C(F)(F)F)cc2)C2CC2)c1F. The molecule has 2 heterocycles. The van der Waals surface area contributed by atoms with Crippen LogP contribution in [-0.4, -0.2) is 51.6 Å². The average molecular weight is 455 g/mol. The Morgan fingerprint density at radius 1 is 1.12 bits per heavy atom. The number of piperidine rings is 1. The van der Waals surface area contributed by atoms with Gasteiger partial charge in [0.25, 0.3) is 0 Å². The molecule has 1 aliphatic heterocycles. The van der Waals surface area contributed by atoms with Crippen LogP contribution in [0.1, 0.15) is 30.4 Å². The molecule has 32 heavy (non-hydrogen) atoms. The Morgan fingerprint density at radius 2 is 1.84 bits per heavy atom. The van der Waals surface area contributed by atoms with E-state index in [0.29, 0.717) is 18.5 Å². The van der Waals surface area contributed by atoms with Gasteiger partial charge in [-0.05, 0) is 43.5 Å². The third-order valence-electron chi connectivity index (χ3n) is 5.89. The maximum Gasteiger partial charge on any atom is 0.416 e. The molecule has 11 heteroatoms. The largest absolute Gasteiger partial charge is 0.416 e. The summed E-state index contributed by atoms with van der Waals surface area (Å²) < 4.78 is 53.7. The fraction of sp³-hybridized carbons (Fsp3) is 0.524. The minimum atomic E-state index is -4.41. The van der Waals surface area contributed by atoms with E-state index in [4.69, 9.17) is 0 Å². The smallest absolute Gasteiger partial charge is 0.367 e. The third kappa shape index (κ3) is 5.11. The summed E-state index contributed by atoms with van der Waals surface area (Å²) in [6, 6.07) is 4.84. The molecule has 0 spiro atoms. The number of hydrogen-bond donors (Lipinski definition) is 4. The summed E-state index contributed by atoms with van der Waals surface area (Å²) in [6.45, 7) is 0.972. The first kappa shape index (κ1) is 22.7.